The minimum atomic E-state index is 0.520. The van der Waals surface area contributed by atoms with Crippen molar-refractivity contribution in [2.24, 2.45) is 0 Å². The number of benzene rings is 1. The van der Waals surface area contributed by atoms with Gasteiger partial charge in [-0.2, -0.15) is 0 Å². The summed E-state index contributed by atoms with van der Waals surface area (Å²) in [5, 5.41) is 1.79. The van der Waals surface area contributed by atoms with Crippen molar-refractivity contribution in [3.63, 3.8) is 0 Å². The fourth-order valence-electron chi connectivity index (χ4n) is 3.13. The zero-order chi connectivity index (χ0) is 13.4. The maximum atomic E-state index is 6.31. The fourth-order valence-corrected chi connectivity index (χ4v) is 3.79. The van der Waals surface area contributed by atoms with Crippen molar-refractivity contribution in [1.82, 2.24) is 4.90 Å². The van der Waals surface area contributed by atoms with E-state index in [0.29, 0.717) is 21.1 Å². The van der Waals surface area contributed by atoms with Gasteiger partial charge in [-0.1, -0.05) is 41.2 Å². The second-order valence-corrected chi connectivity index (χ2v) is 6.57. The van der Waals surface area contributed by atoms with Crippen LogP contribution in [-0.2, 0) is 0 Å². The highest BCUT2D eigenvalue weighted by Gasteiger charge is 2.29. The molecule has 2 saturated heterocycles. The Kier molecular flexibility index (Phi) is 4.14. The number of halogens is 3. The second kappa shape index (κ2) is 5.69. The molecule has 0 aliphatic carbocycles. The van der Waals surface area contributed by atoms with E-state index in [-0.39, 0.29) is 0 Å². The van der Waals surface area contributed by atoms with Crippen LogP contribution in [0.25, 0.3) is 0 Å². The molecule has 2 heterocycles. The molecule has 0 N–H and O–H groups in total. The average molecular weight is 320 g/mol. The van der Waals surface area contributed by atoms with E-state index in [2.05, 4.69) is 9.80 Å². The van der Waals surface area contributed by atoms with Gasteiger partial charge in [0.15, 0.2) is 0 Å². The molecule has 1 atom stereocenters. The summed E-state index contributed by atoms with van der Waals surface area (Å²) in [7, 11) is 0. The van der Waals surface area contributed by atoms with Crippen molar-refractivity contribution in [3.05, 3.63) is 27.2 Å². The molecule has 2 fully saturated rings. The average Bonchev–Trinajstić information content (AvgIpc) is 2.42. The fraction of sp³-hybridized carbons (Fsp3) is 0.571. The molecule has 0 radical (unpaired) electrons. The summed E-state index contributed by atoms with van der Waals surface area (Å²) >= 11 is 18.4. The molecule has 0 spiro atoms. The topological polar surface area (TPSA) is 6.48 Å². The van der Waals surface area contributed by atoms with Crippen LogP contribution in [0.15, 0.2) is 12.1 Å². The molecule has 19 heavy (non-hydrogen) atoms. The van der Waals surface area contributed by atoms with E-state index in [1.165, 1.54) is 25.8 Å². The lowest BCUT2D eigenvalue weighted by Crippen LogP contribution is -2.55. The highest BCUT2D eigenvalue weighted by atomic mass is 35.5. The van der Waals surface area contributed by atoms with E-state index in [0.717, 1.165) is 25.3 Å². The van der Waals surface area contributed by atoms with Crippen molar-refractivity contribution < 1.29 is 0 Å². The largest absolute Gasteiger partial charge is 0.367 e. The van der Waals surface area contributed by atoms with E-state index < -0.39 is 0 Å². The molecule has 1 aromatic carbocycles. The predicted molar refractivity (Wildman–Crippen MR) is 82.9 cm³/mol. The number of piperazine rings is 1. The second-order valence-electron chi connectivity index (χ2n) is 5.35. The molecule has 5 heteroatoms. The number of anilines is 1. The summed E-state index contributed by atoms with van der Waals surface area (Å²) in [5.41, 5.74) is 1.02. The Hall–Kier alpha value is -0.150. The van der Waals surface area contributed by atoms with Crippen LogP contribution in [0.1, 0.15) is 19.3 Å². The van der Waals surface area contributed by atoms with Crippen molar-refractivity contribution in [1.29, 1.82) is 0 Å². The van der Waals surface area contributed by atoms with Crippen molar-refractivity contribution in [3.8, 4) is 0 Å². The van der Waals surface area contributed by atoms with E-state index in [1.807, 2.05) is 6.07 Å². The third kappa shape index (κ3) is 2.82. The molecule has 104 valence electrons. The van der Waals surface area contributed by atoms with E-state index in [9.17, 15) is 0 Å². The maximum Gasteiger partial charge on any atom is 0.0655 e. The lowest BCUT2D eigenvalue weighted by molar-refractivity contribution is 0.133. The Balaban J connectivity index is 1.81. The molecule has 3 rings (SSSR count). The monoisotopic (exact) mass is 318 g/mol. The van der Waals surface area contributed by atoms with E-state index in [4.69, 9.17) is 34.8 Å². The number of hydrogen-bond donors (Lipinski definition) is 0. The number of hydrogen-bond acceptors (Lipinski definition) is 2. The van der Waals surface area contributed by atoms with Crippen LogP contribution < -0.4 is 4.90 Å². The van der Waals surface area contributed by atoms with Crippen LogP contribution in [0.2, 0.25) is 15.1 Å². The van der Waals surface area contributed by atoms with E-state index in [1.54, 1.807) is 6.07 Å². The van der Waals surface area contributed by atoms with Crippen molar-refractivity contribution >= 4 is 40.5 Å². The van der Waals surface area contributed by atoms with Gasteiger partial charge in [0.05, 0.1) is 20.8 Å². The summed E-state index contributed by atoms with van der Waals surface area (Å²) in [6, 6.07) is 4.30. The summed E-state index contributed by atoms with van der Waals surface area (Å²) in [5.74, 6) is 0. The quantitative estimate of drug-likeness (QED) is 0.711. The lowest BCUT2D eigenvalue weighted by atomic mass is 9.99. The minimum absolute atomic E-state index is 0.520. The van der Waals surface area contributed by atoms with Gasteiger partial charge in [0.25, 0.3) is 0 Å². The Morgan fingerprint density at radius 2 is 1.68 bits per heavy atom. The molecule has 2 nitrogen and oxygen atoms in total. The first kappa shape index (κ1) is 13.8. The van der Waals surface area contributed by atoms with Gasteiger partial charge in [-0.25, -0.2) is 0 Å². The molecule has 1 aromatic rings. The standard InChI is InChI=1S/C14H17Cl3N2/c15-11-7-13(17)14(8-12(11)16)19-6-5-18-4-2-1-3-10(18)9-19/h7-8,10H,1-6,9H2. The molecular formula is C14H17Cl3N2. The van der Waals surface area contributed by atoms with Gasteiger partial charge >= 0.3 is 0 Å². The van der Waals surface area contributed by atoms with Gasteiger partial charge < -0.3 is 4.90 Å². The van der Waals surface area contributed by atoms with Crippen LogP contribution in [-0.4, -0.2) is 37.1 Å². The van der Waals surface area contributed by atoms with Gasteiger partial charge in [0.2, 0.25) is 0 Å². The van der Waals surface area contributed by atoms with Crippen LogP contribution in [0.4, 0.5) is 5.69 Å². The normalized spacial score (nSPS) is 24.4. The maximum absolute atomic E-state index is 6.31. The van der Waals surface area contributed by atoms with Gasteiger partial charge in [-0.3, -0.25) is 4.90 Å². The van der Waals surface area contributed by atoms with Gasteiger partial charge in [-0.05, 0) is 31.5 Å². The highest BCUT2D eigenvalue weighted by molar-refractivity contribution is 6.44. The predicted octanol–water partition coefficient (Wildman–Crippen LogP) is 4.32. The Morgan fingerprint density at radius 3 is 2.53 bits per heavy atom. The number of rotatable bonds is 1. The number of nitrogens with zero attached hydrogens (tertiary/aromatic N) is 2. The molecule has 0 saturated carbocycles. The first-order valence-corrected chi connectivity index (χ1v) is 7.92. The van der Waals surface area contributed by atoms with Gasteiger partial charge in [-0.15, -0.1) is 0 Å². The van der Waals surface area contributed by atoms with Crippen LogP contribution in [0.3, 0.4) is 0 Å². The first-order valence-electron chi connectivity index (χ1n) is 6.78. The molecule has 0 bridgehead atoms. The Morgan fingerprint density at radius 1 is 0.895 bits per heavy atom. The van der Waals surface area contributed by atoms with Crippen LogP contribution in [0.5, 0.6) is 0 Å². The van der Waals surface area contributed by atoms with Gasteiger partial charge in [0, 0.05) is 25.7 Å². The highest BCUT2D eigenvalue weighted by Crippen LogP contribution is 2.36. The molecule has 0 aromatic heterocycles. The molecule has 2 aliphatic rings. The van der Waals surface area contributed by atoms with Crippen molar-refractivity contribution in [2.75, 3.05) is 31.1 Å². The first-order chi connectivity index (χ1) is 9.15. The van der Waals surface area contributed by atoms with Crippen LogP contribution in [0, 0.1) is 0 Å². The van der Waals surface area contributed by atoms with Gasteiger partial charge in [0.1, 0.15) is 0 Å². The Bertz CT molecular complexity index is 478. The number of fused-ring (bicyclic) bond motifs is 1. The third-order valence-electron chi connectivity index (χ3n) is 4.17. The van der Waals surface area contributed by atoms with Crippen molar-refractivity contribution in [2.45, 2.75) is 25.3 Å². The summed E-state index contributed by atoms with van der Waals surface area (Å²) in [6.45, 7) is 4.40. The SMILES string of the molecule is Clc1cc(Cl)c(N2CCN3CCCCC3C2)cc1Cl. The zero-order valence-corrected chi connectivity index (χ0v) is 13.0. The summed E-state index contributed by atoms with van der Waals surface area (Å²) in [6.07, 6.45) is 3.96. The molecule has 1 unspecified atom stereocenters. The minimum Gasteiger partial charge on any atom is -0.367 e. The number of piperidine rings is 1. The molecule has 2 aliphatic heterocycles. The summed E-state index contributed by atoms with van der Waals surface area (Å²) < 4.78 is 0. The third-order valence-corrected chi connectivity index (χ3v) is 5.19. The smallest absolute Gasteiger partial charge is 0.0655 e. The zero-order valence-electron chi connectivity index (χ0n) is 10.7. The molecule has 0 amide bonds. The van der Waals surface area contributed by atoms with E-state index >= 15 is 0 Å². The lowest BCUT2D eigenvalue weighted by Gasteiger charge is -2.45. The Labute approximate surface area is 129 Å². The molecular weight excluding hydrogens is 303 g/mol. The summed E-state index contributed by atoms with van der Waals surface area (Å²) in [4.78, 5) is 4.95. The van der Waals surface area contributed by atoms with Crippen LogP contribution >= 0.6 is 34.8 Å².